The van der Waals surface area contributed by atoms with E-state index in [2.05, 4.69) is 15.0 Å². The summed E-state index contributed by atoms with van der Waals surface area (Å²) in [6, 6.07) is 5.88. The van der Waals surface area contributed by atoms with Gasteiger partial charge in [-0.2, -0.15) is 8.78 Å². The number of halogens is 2. The molecule has 2 rings (SSSR count). The first-order valence-electron chi connectivity index (χ1n) is 8.64. The van der Waals surface area contributed by atoms with Crippen LogP contribution in [0.15, 0.2) is 24.3 Å². The summed E-state index contributed by atoms with van der Waals surface area (Å²) in [5, 5.41) is 3.50. The molecular formula is C17H25F2N3O3S2. The molecule has 0 aliphatic carbocycles. The second-order valence-electron chi connectivity index (χ2n) is 6.74. The quantitative estimate of drug-likeness (QED) is 0.647. The maximum absolute atomic E-state index is 12.2. The molecule has 1 saturated heterocycles. The van der Waals surface area contributed by atoms with E-state index in [1.807, 2.05) is 19.0 Å². The molecular weight excluding hydrogens is 396 g/mol. The summed E-state index contributed by atoms with van der Waals surface area (Å²) in [4.78, 5) is 3.98. The monoisotopic (exact) mass is 421 g/mol. The van der Waals surface area contributed by atoms with Crippen LogP contribution in [0.4, 0.5) is 14.5 Å². The lowest BCUT2D eigenvalue weighted by Crippen LogP contribution is -2.44. The molecule has 1 fully saturated rings. The van der Waals surface area contributed by atoms with Crippen LogP contribution >= 0.6 is 12.2 Å². The van der Waals surface area contributed by atoms with Gasteiger partial charge in [0.05, 0.1) is 11.5 Å². The first kappa shape index (κ1) is 21.8. The van der Waals surface area contributed by atoms with Gasteiger partial charge in [0.25, 0.3) is 0 Å². The molecule has 1 aromatic rings. The van der Waals surface area contributed by atoms with Crippen LogP contribution in [0.25, 0.3) is 0 Å². The Morgan fingerprint density at radius 2 is 1.96 bits per heavy atom. The van der Waals surface area contributed by atoms with Crippen molar-refractivity contribution in [2.75, 3.05) is 44.0 Å². The molecule has 1 heterocycles. The van der Waals surface area contributed by atoms with E-state index in [1.54, 1.807) is 12.1 Å². The summed E-state index contributed by atoms with van der Waals surface area (Å²) in [7, 11) is 0.920. The fraction of sp³-hybridized carbons (Fsp3) is 0.588. The van der Waals surface area contributed by atoms with Gasteiger partial charge >= 0.3 is 6.61 Å². The van der Waals surface area contributed by atoms with Crippen LogP contribution in [0, 0.1) is 0 Å². The summed E-state index contributed by atoms with van der Waals surface area (Å²) in [6.07, 6.45) is 1.39. The number of benzene rings is 1. The lowest BCUT2D eigenvalue weighted by atomic mass is 10.2. The highest BCUT2D eigenvalue weighted by atomic mass is 32.2. The fourth-order valence-electron chi connectivity index (χ4n) is 2.94. The maximum Gasteiger partial charge on any atom is 0.387 e. The van der Waals surface area contributed by atoms with Crippen LogP contribution in [0.5, 0.6) is 5.75 Å². The van der Waals surface area contributed by atoms with Crippen molar-refractivity contribution in [1.82, 2.24) is 9.80 Å². The molecule has 0 amide bonds. The van der Waals surface area contributed by atoms with Crippen LogP contribution in [-0.4, -0.2) is 74.7 Å². The van der Waals surface area contributed by atoms with Crippen molar-refractivity contribution >= 4 is 32.9 Å². The molecule has 27 heavy (non-hydrogen) atoms. The molecule has 1 atom stereocenters. The van der Waals surface area contributed by atoms with Crippen molar-refractivity contribution in [3.8, 4) is 5.75 Å². The summed E-state index contributed by atoms with van der Waals surface area (Å²) >= 11 is 5.51. The number of rotatable bonds is 8. The molecule has 0 radical (unpaired) electrons. The third-order valence-electron chi connectivity index (χ3n) is 4.25. The van der Waals surface area contributed by atoms with E-state index in [0.29, 0.717) is 23.8 Å². The standard InChI is InChI=1S/C17H25F2N3O3S2/c1-21(2)9-3-10-22(14-8-11-27(23,24)12-14)17(26)20-13-4-6-15(7-5-13)25-16(18)19/h4-7,14,16H,3,8-12H2,1-2H3,(H,20,26)/t14-/m0/s1. The van der Waals surface area contributed by atoms with Crippen molar-refractivity contribution in [3.05, 3.63) is 24.3 Å². The summed E-state index contributed by atoms with van der Waals surface area (Å²) in [5.41, 5.74) is 0.625. The minimum absolute atomic E-state index is 0.0613. The van der Waals surface area contributed by atoms with Gasteiger partial charge in [-0.3, -0.25) is 0 Å². The first-order chi connectivity index (χ1) is 12.7. The number of anilines is 1. The molecule has 0 aromatic heterocycles. The van der Waals surface area contributed by atoms with Gasteiger partial charge in [0.1, 0.15) is 5.75 Å². The maximum atomic E-state index is 12.2. The number of thiocarbonyl (C=S) groups is 1. The number of hydrogen-bond donors (Lipinski definition) is 1. The Balaban J connectivity index is 2.03. The van der Waals surface area contributed by atoms with Crippen molar-refractivity contribution in [2.24, 2.45) is 0 Å². The van der Waals surface area contributed by atoms with E-state index in [0.717, 1.165) is 13.0 Å². The third-order valence-corrected chi connectivity index (χ3v) is 6.33. The van der Waals surface area contributed by atoms with Gasteiger partial charge in [0.15, 0.2) is 14.9 Å². The average Bonchev–Trinajstić information content (AvgIpc) is 2.92. The highest BCUT2D eigenvalue weighted by molar-refractivity contribution is 7.91. The average molecular weight is 422 g/mol. The molecule has 0 spiro atoms. The second-order valence-corrected chi connectivity index (χ2v) is 9.36. The van der Waals surface area contributed by atoms with Crippen LogP contribution in [0.3, 0.4) is 0 Å². The Morgan fingerprint density at radius 1 is 1.30 bits per heavy atom. The summed E-state index contributed by atoms with van der Waals surface area (Å²) in [6.45, 7) is -1.38. The number of sulfone groups is 1. The Morgan fingerprint density at radius 3 is 2.48 bits per heavy atom. The second kappa shape index (κ2) is 9.61. The van der Waals surface area contributed by atoms with E-state index in [-0.39, 0.29) is 23.3 Å². The van der Waals surface area contributed by atoms with E-state index >= 15 is 0 Å². The minimum atomic E-state index is -3.03. The molecule has 10 heteroatoms. The predicted molar refractivity (Wildman–Crippen MR) is 106 cm³/mol. The summed E-state index contributed by atoms with van der Waals surface area (Å²) in [5.74, 6) is 0.327. The smallest absolute Gasteiger partial charge is 0.387 e. The van der Waals surface area contributed by atoms with E-state index in [1.165, 1.54) is 12.1 Å². The number of nitrogens with one attached hydrogen (secondary N) is 1. The highest BCUT2D eigenvalue weighted by Gasteiger charge is 2.33. The molecule has 6 nitrogen and oxygen atoms in total. The van der Waals surface area contributed by atoms with Crippen molar-refractivity contribution in [1.29, 1.82) is 0 Å². The van der Waals surface area contributed by atoms with Gasteiger partial charge in [0.2, 0.25) is 0 Å². The Bertz CT molecular complexity index is 727. The summed E-state index contributed by atoms with van der Waals surface area (Å²) < 4.78 is 52.5. The third kappa shape index (κ3) is 7.19. The van der Waals surface area contributed by atoms with Gasteiger partial charge in [-0.05, 0) is 70.0 Å². The normalized spacial score (nSPS) is 18.7. The number of ether oxygens (including phenoxy) is 1. The molecule has 1 aromatic carbocycles. The number of nitrogens with zero attached hydrogens (tertiary/aromatic N) is 2. The van der Waals surface area contributed by atoms with Gasteiger partial charge in [0, 0.05) is 18.3 Å². The lowest BCUT2D eigenvalue weighted by Gasteiger charge is -2.31. The fourth-order valence-corrected chi connectivity index (χ4v) is 5.03. The molecule has 152 valence electrons. The van der Waals surface area contributed by atoms with Gasteiger partial charge in [-0.25, -0.2) is 8.42 Å². The van der Waals surface area contributed by atoms with Crippen LogP contribution in [0.1, 0.15) is 12.8 Å². The van der Waals surface area contributed by atoms with Crippen molar-refractivity contribution in [2.45, 2.75) is 25.5 Å². The largest absolute Gasteiger partial charge is 0.435 e. The molecule has 1 aliphatic heterocycles. The minimum Gasteiger partial charge on any atom is -0.435 e. The van der Waals surface area contributed by atoms with Gasteiger partial charge < -0.3 is 19.9 Å². The van der Waals surface area contributed by atoms with Crippen molar-refractivity contribution < 1.29 is 21.9 Å². The number of alkyl halides is 2. The predicted octanol–water partition coefficient (Wildman–Crippen LogP) is 2.43. The topological polar surface area (TPSA) is 61.9 Å². The van der Waals surface area contributed by atoms with Crippen molar-refractivity contribution in [3.63, 3.8) is 0 Å². The van der Waals surface area contributed by atoms with Crippen LogP contribution in [-0.2, 0) is 9.84 Å². The zero-order valence-corrected chi connectivity index (χ0v) is 17.0. The van der Waals surface area contributed by atoms with E-state index in [4.69, 9.17) is 12.2 Å². The zero-order chi connectivity index (χ0) is 20.0. The van der Waals surface area contributed by atoms with Crippen LogP contribution < -0.4 is 10.1 Å². The Kier molecular flexibility index (Phi) is 7.75. The number of hydrogen-bond acceptors (Lipinski definition) is 5. The van der Waals surface area contributed by atoms with Crippen LogP contribution in [0.2, 0.25) is 0 Å². The first-order valence-corrected chi connectivity index (χ1v) is 10.9. The van der Waals surface area contributed by atoms with Gasteiger partial charge in [-0.15, -0.1) is 0 Å². The highest BCUT2D eigenvalue weighted by Crippen LogP contribution is 2.21. The zero-order valence-electron chi connectivity index (χ0n) is 15.4. The van der Waals surface area contributed by atoms with E-state index < -0.39 is 16.4 Å². The van der Waals surface area contributed by atoms with Gasteiger partial charge in [-0.1, -0.05) is 0 Å². The van der Waals surface area contributed by atoms with E-state index in [9.17, 15) is 17.2 Å². The SMILES string of the molecule is CN(C)CCCN(C(=S)Nc1ccc(OC(F)F)cc1)[C@H]1CCS(=O)(=O)C1. The molecule has 1 N–H and O–H groups in total. The molecule has 0 saturated carbocycles. The Labute approximate surface area is 164 Å². The molecule has 1 aliphatic rings. The molecule has 0 bridgehead atoms. The lowest BCUT2D eigenvalue weighted by molar-refractivity contribution is -0.0498. The Hall–Kier alpha value is -1.52. The molecule has 0 unspecified atom stereocenters.